The molecule has 7 nitrogen and oxygen atoms in total. The fraction of sp³-hybridized carbons (Fsp3) is 0.0667. The van der Waals surface area contributed by atoms with E-state index in [4.69, 9.17) is 16.3 Å². The Bertz CT molecular complexity index is 760. The van der Waals surface area contributed by atoms with Gasteiger partial charge in [-0.3, -0.25) is 14.9 Å². The summed E-state index contributed by atoms with van der Waals surface area (Å²) in [5.41, 5.74) is 3.10. The Balaban J connectivity index is 2.06. The Labute approximate surface area is 136 Å². The molecular weight excluding hydrogens is 322 g/mol. The number of nitrogens with zero attached hydrogens (tertiary/aromatic N) is 2. The van der Waals surface area contributed by atoms with Gasteiger partial charge in [-0.1, -0.05) is 11.6 Å². The molecule has 0 radical (unpaired) electrons. The lowest BCUT2D eigenvalue weighted by molar-refractivity contribution is -0.384. The first-order chi connectivity index (χ1) is 11.0. The van der Waals surface area contributed by atoms with Crippen LogP contribution >= 0.6 is 11.6 Å². The lowest BCUT2D eigenvalue weighted by Crippen LogP contribution is -2.17. The van der Waals surface area contributed by atoms with Crippen LogP contribution in [0, 0.1) is 10.1 Å². The molecule has 1 amide bonds. The molecule has 0 heterocycles. The minimum Gasteiger partial charge on any atom is -0.496 e. The summed E-state index contributed by atoms with van der Waals surface area (Å²) in [7, 11) is 1.51. The van der Waals surface area contributed by atoms with Crippen LogP contribution in [0.5, 0.6) is 5.75 Å². The molecule has 0 bridgehead atoms. The van der Waals surface area contributed by atoms with Gasteiger partial charge in [0.25, 0.3) is 11.6 Å². The molecule has 0 aliphatic rings. The summed E-state index contributed by atoms with van der Waals surface area (Å²) in [6, 6.07) is 10.2. The van der Waals surface area contributed by atoms with E-state index in [-0.39, 0.29) is 11.3 Å². The lowest BCUT2D eigenvalue weighted by atomic mass is 10.2. The van der Waals surface area contributed by atoms with E-state index in [1.165, 1.54) is 37.6 Å². The molecule has 118 valence electrons. The van der Waals surface area contributed by atoms with E-state index in [2.05, 4.69) is 10.5 Å². The molecule has 0 unspecified atom stereocenters. The number of hydrogen-bond acceptors (Lipinski definition) is 5. The lowest BCUT2D eigenvalue weighted by Gasteiger charge is -2.04. The Kier molecular flexibility index (Phi) is 5.27. The molecule has 0 aliphatic carbocycles. The van der Waals surface area contributed by atoms with Crippen molar-refractivity contribution in [2.45, 2.75) is 0 Å². The number of ether oxygens (including phenoxy) is 1. The summed E-state index contributed by atoms with van der Waals surface area (Å²) in [6.07, 6.45) is 1.40. The minimum atomic E-state index is -0.536. The number of nitro benzene ring substituents is 1. The Morgan fingerprint density at radius 2 is 2.00 bits per heavy atom. The van der Waals surface area contributed by atoms with Gasteiger partial charge in [0.2, 0.25) is 0 Å². The fourth-order valence-electron chi connectivity index (χ4n) is 1.77. The number of non-ortho nitro benzene ring substituents is 1. The third-order valence-electron chi connectivity index (χ3n) is 2.90. The van der Waals surface area contributed by atoms with E-state index in [9.17, 15) is 14.9 Å². The van der Waals surface area contributed by atoms with E-state index in [1.54, 1.807) is 18.2 Å². The minimum absolute atomic E-state index is 0.0892. The van der Waals surface area contributed by atoms with Crippen molar-refractivity contribution >= 4 is 29.4 Å². The van der Waals surface area contributed by atoms with Gasteiger partial charge in [-0.05, 0) is 30.3 Å². The van der Waals surface area contributed by atoms with E-state index < -0.39 is 10.8 Å². The zero-order valence-corrected chi connectivity index (χ0v) is 12.8. The molecule has 2 aromatic rings. The van der Waals surface area contributed by atoms with Gasteiger partial charge in [0.1, 0.15) is 5.75 Å². The summed E-state index contributed by atoms with van der Waals surface area (Å²) in [6.45, 7) is 0. The normalized spacial score (nSPS) is 10.5. The molecule has 0 saturated heterocycles. The molecule has 0 aromatic heterocycles. The molecule has 0 atom stereocenters. The topological polar surface area (TPSA) is 93.8 Å². The van der Waals surface area contributed by atoms with Crippen LogP contribution in [0.3, 0.4) is 0 Å². The maximum Gasteiger partial charge on any atom is 0.271 e. The van der Waals surface area contributed by atoms with Crippen LogP contribution in [-0.4, -0.2) is 24.2 Å². The highest BCUT2D eigenvalue weighted by molar-refractivity contribution is 6.30. The number of nitro groups is 1. The predicted molar refractivity (Wildman–Crippen MR) is 86.2 cm³/mol. The van der Waals surface area contributed by atoms with Crippen molar-refractivity contribution in [2.24, 2.45) is 5.10 Å². The van der Waals surface area contributed by atoms with Gasteiger partial charge < -0.3 is 4.74 Å². The highest BCUT2D eigenvalue weighted by Crippen LogP contribution is 2.20. The first kappa shape index (κ1) is 16.4. The van der Waals surface area contributed by atoms with Gasteiger partial charge in [0.05, 0.1) is 18.2 Å². The predicted octanol–water partition coefficient (Wildman–Crippen LogP) is 3.02. The van der Waals surface area contributed by atoms with Gasteiger partial charge >= 0.3 is 0 Å². The third kappa shape index (κ3) is 4.27. The monoisotopic (exact) mass is 333 g/mol. The van der Waals surface area contributed by atoms with Crippen molar-refractivity contribution < 1.29 is 14.5 Å². The summed E-state index contributed by atoms with van der Waals surface area (Å²) in [5.74, 6) is 0.0693. The quantitative estimate of drug-likeness (QED) is 0.517. The van der Waals surface area contributed by atoms with Crippen LogP contribution in [0.25, 0.3) is 0 Å². The van der Waals surface area contributed by atoms with Crippen LogP contribution in [0.15, 0.2) is 47.6 Å². The molecule has 8 heteroatoms. The van der Waals surface area contributed by atoms with Gasteiger partial charge in [-0.15, -0.1) is 0 Å². The Hall–Kier alpha value is -2.93. The van der Waals surface area contributed by atoms with E-state index in [0.29, 0.717) is 16.3 Å². The number of benzene rings is 2. The van der Waals surface area contributed by atoms with Gasteiger partial charge in [-0.2, -0.15) is 5.10 Å². The van der Waals surface area contributed by atoms with Gasteiger partial charge in [0.15, 0.2) is 0 Å². The number of hydrogen-bond donors (Lipinski definition) is 1. The van der Waals surface area contributed by atoms with Crippen LogP contribution in [0.4, 0.5) is 5.69 Å². The number of nitrogens with one attached hydrogen (secondary N) is 1. The maximum atomic E-state index is 11.9. The summed E-state index contributed by atoms with van der Waals surface area (Å²) in [5, 5.41) is 14.9. The second-order valence-corrected chi connectivity index (χ2v) is 4.83. The molecule has 23 heavy (non-hydrogen) atoms. The summed E-state index contributed by atoms with van der Waals surface area (Å²) >= 11 is 5.89. The smallest absolute Gasteiger partial charge is 0.271 e. The fourth-order valence-corrected chi connectivity index (χ4v) is 1.95. The Morgan fingerprint density at radius 1 is 1.30 bits per heavy atom. The number of halogens is 1. The maximum absolute atomic E-state index is 11.9. The van der Waals surface area contributed by atoms with Crippen molar-refractivity contribution in [3.63, 3.8) is 0 Å². The zero-order chi connectivity index (χ0) is 16.8. The van der Waals surface area contributed by atoms with Crippen molar-refractivity contribution in [3.05, 3.63) is 68.7 Å². The zero-order valence-electron chi connectivity index (χ0n) is 12.0. The Morgan fingerprint density at radius 3 is 2.61 bits per heavy atom. The first-order valence-electron chi connectivity index (χ1n) is 6.42. The van der Waals surface area contributed by atoms with Crippen molar-refractivity contribution in [1.29, 1.82) is 0 Å². The van der Waals surface area contributed by atoms with Crippen LogP contribution in [-0.2, 0) is 0 Å². The molecule has 2 aromatic carbocycles. The highest BCUT2D eigenvalue weighted by atomic mass is 35.5. The highest BCUT2D eigenvalue weighted by Gasteiger charge is 2.08. The molecule has 0 aliphatic heterocycles. The summed E-state index contributed by atoms with van der Waals surface area (Å²) < 4.78 is 5.15. The van der Waals surface area contributed by atoms with E-state index in [0.717, 1.165) is 0 Å². The SMILES string of the molecule is COc1ccc(Cl)cc1/C=N/NC(=O)c1ccc([N+](=O)[O-])cc1. The molecule has 1 N–H and O–H groups in total. The number of carbonyl (C=O) groups is 1. The number of hydrazone groups is 1. The molecular formula is C15H12ClN3O4. The molecule has 2 rings (SSSR count). The third-order valence-corrected chi connectivity index (χ3v) is 3.14. The van der Waals surface area contributed by atoms with Crippen LogP contribution in [0.1, 0.15) is 15.9 Å². The molecule has 0 saturated carbocycles. The number of rotatable bonds is 5. The van der Waals surface area contributed by atoms with Crippen molar-refractivity contribution in [2.75, 3.05) is 7.11 Å². The van der Waals surface area contributed by atoms with E-state index in [1.807, 2.05) is 0 Å². The standard InChI is InChI=1S/C15H12ClN3O4/c1-23-14-7-4-12(16)8-11(14)9-17-18-15(20)10-2-5-13(6-3-10)19(21)22/h2-9H,1H3,(H,18,20)/b17-9+. The van der Waals surface area contributed by atoms with Gasteiger partial charge in [-0.25, -0.2) is 5.43 Å². The average Bonchev–Trinajstić information content (AvgIpc) is 2.55. The largest absolute Gasteiger partial charge is 0.496 e. The molecule has 0 spiro atoms. The summed E-state index contributed by atoms with van der Waals surface area (Å²) in [4.78, 5) is 21.9. The number of amides is 1. The average molecular weight is 334 g/mol. The van der Waals surface area contributed by atoms with Crippen LogP contribution in [0.2, 0.25) is 5.02 Å². The van der Waals surface area contributed by atoms with Crippen molar-refractivity contribution in [1.82, 2.24) is 5.43 Å². The van der Waals surface area contributed by atoms with Gasteiger partial charge in [0, 0.05) is 28.3 Å². The van der Waals surface area contributed by atoms with Crippen LogP contribution < -0.4 is 10.2 Å². The second-order valence-electron chi connectivity index (χ2n) is 4.39. The second kappa shape index (κ2) is 7.37. The van der Waals surface area contributed by atoms with Crippen molar-refractivity contribution in [3.8, 4) is 5.75 Å². The number of carbonyl (C=O) groups excluding carboxylic acids is 1. The van der Waals surface area contributed by atoms with E-state index >= 15 is 0 Å². The number of methoxy groups -OCH3 is 1. The molecule has 0 fully saturated rings. The first-order valence-corrected chi connectivity index (χ1v) is 6.80.